The first kappa shape index (κ1) is 19.6. The van der Waals surface area contributed by atoms with Crippen LogP contribution in [0, 0.1) is 0 Å². The molecule has 0 aliphatic carbocycles. The van der Waals surface area contributed by atoms with Gasteiger partial charge in [0.25, 0.3) is 0 Å². The third-order valence-corrected chi connectivity index (χ3v) is 4.46. The molecule has 2 N–H and O–H groups in total. The van der Waals surface area contributed by atoms with Crippen LogP contribution in [0.3, 0.4) is 0 Å². The van der Waals surface area contributed by atoms with Crippen LogP contribution in [0.25, 0.3) is 5.69 Å². The number of aliphatic imine (C=N–C) groups is 1. The van der Waals surface area contributed by atoms with Crippen molar-refractivity contribution < 1.29 is 0 Å². The second-order valence-corrected chi connectivity index (χ2v) is 6.47. The number of aryl methyl sites for hydroxylation is 1. The molecule has 0 amide bonds. The Hall–Kier alpha value is -3.16. The zero-order chi connectivity index (χ0) is 19.8. The maximum atomic E-state index is 4.70. The summed E-state index contributed by atoms with van der Waals surface area (Å²) >= 11 is 0. The zero-order valence-electron chi connectivity index (χ0n) is 16.7. The molecule has 0 bridgehead atoms. The van der Waals surface area contributed by atoms with Gasteiger partial charge in [0.1, 0.15) is 12.2 Å². The summed E-state index contributed by atoms with van der Waals surface area (Å²) in [6.45, 7) is 8.49. The summed E-state index contributed by atoms with van der Waals surface area (Å²) in [5.74, 6) is 1.78. The SMILES string of the molecule is CCNC(=NCCn1cnnc1CC)NC(C)c1cccc(-n2cccn2)c1. The monoisotopic (exact) mass is 380 g/mol. The van der Waals surface area contributed by atoms with E-state index in [9.17, 15) is 0 Å². The van der Waals surface area contributed by atoms with Gasteiger partial charge in [0.15, 0.2) is 5.96 Å². The van der Waals surface area contributed by atoms with Crippen LogP contribution < -0.4 is 10.6 Å². The molecule has 0 saturated heterocycles. The Morgan fingerprint density at radius 1 is 1.25 bits per heavy atom. The molecule has 3 aromatic rings. The van der Waals surface area contributed by atoms with Gasteiger partial charge in [0.05, 0.1) is 18.3 Å². The highest BCUT2D eigenvalue weighted by atomic mass is 15.3. The Morgan fingerprint density at radius 2 is 2.14 bits per heavy atom. The molecule has 1 unspecified atom stereocenters. The maximum Gasteiger partial charge on any atom is 0.191 e. The summed E-state index contributed by atoms with van der Waals surface area (Å²) in [6.07, 6.45) is 6.35. The van der Waals surface area contributed by atoms with E-state index in [1.807, 2.05) is 33.6 Å². The Labute approximate surface area is 165 Å². The van der Waals surface area contributed by atoms with E-state index in [4.69, 9.17) is 4.99 Å². The fourth-order valence-electron chi connectivity index (χ4n) is 2.98. The predicted molar refractivity (Wildman–Crippen MR) is 110 cm³/mol. The molecule has 0 spiro atoms. The first-order valence-corrected chi connectivity index (χ1v) is 9.72. The summed E-state index contributed by atoms with van der Waals surface area (Å²) in [7, 11) is 0. The molecule has 0 radical (unpaired) electrons. The highest BCUT2D eigenvalue weighted by Crippen LogP contribution is 2.16. The van der Waals surface area contributed by atoms with E-state index in [-0.39, 0.29) is 6.04 Å². The first-order valence-electron chi connectivity index (χ1n) is 9.72. The summed E-state index contributed by atoms with van der Waals surface area (Å²) in [4.78, 5) is 4.70. The van der Waals surface area contributed by atoms with Crippen molar-refractivity contribution in [2.45, 2.75) is 39.8 Å². The van der Waals surface area contributed by atoms with Crippen LogP contribution in [0.4, 0.5) is 0 Å². The van der Waals surface area contributed by atoms with Gasteiger partial charge in [-0.05, 0) is 37.6 Å². The normalized spacial score (nSPS) is 12.8. The third-order valence-electron chi connectivity index (χ3n) is 4.46. The van der Waals surface area contributed by atoms with Crippen molar-refractivity contribution >= 4 is 5.96 Å². The average Bonchev–Trinajstić information content (AvgIpc) is 3.40. The lowest BCUT2D eigenvalue weighted by molar-refractivity contribution is 0.649. The van der Waals surface area contributed by atoms with Crippen LogP contribution in [0.5, 0.6) is 0 Å². The zero-order valence-corrected chi connectivity index (χ0v) is 16.7. The standard InChI is InChI=1S/C20H28N8/c1-4-19-26-23-15-27(19)13-11-22-20(21-5-2)25-16(3)17-8-6-9-18(14-17)28-12-7-10-24-28/h6-10,12,14-16H,4-5,11,13H2,1-3H3,(H2,21,22,25). The van der Waals surface area contributed by atoms with E-state index in [1.54, 1.807) is 12.5 Å². The van der Waals surface area contributed by atoms with Crippen molar-refractivity contribution in [2.75, 3.05) is 13.1 Å². The van der Waals surface area contributed by atoms with Gasteiger partial charge in [-0.2, -0.15) is 5.10 Å². The lowest BCUT2D eigenvalue weighted by atomic mass is 10.1. The van der Waals surface area contributed by atoms with Crippen LogP contribution in [0.15, 0.2) is 54.0 Å². The van der Waals surface area contributed by atoms with Gasteiger partial charge < -0.3 is 15.2 Å². The number of nitrogens with one attached hydrogen (secondary N) is 2. The van der Waals surface area contributed by atoms with Gasteiger partial charge in [0, 0.05) is 31.9 Å². The van der Waals surface area contributed by atoms with Gasteiger partial charge in [0.2, 0.25) is 0 Å². The second kappa shape index (κ2) is 9.68. The molecule has 8 heteroatoms. The molecule has 28 heavy (non-hydrogen) atoms. The Balaban J connectivity index is 1.65. The third kappa shape index (κ3) is 4.97. The molecule has 0 saturated carbocycles. The van der Waals surface area contributed by atoms with Crippen LogP contribution >= 0.6 is 0 Å². The summed E-state index contributed by atoms with van der Waals surface area (Å²) < 4.78 is 3.91. The highest BCUT2D eigenvalue weighted by molar-refractivity contribution is 5.80. The van der Waals surface area contributed by atoms with Crippen molar-refractivity contribution in [3.8, 4) is 5.69 Å². The van der Waals surface area contributed by atoms with Crippen molar-refractivity contribution in [1.82, 2.24) is 35.2 Å². The van der Waals surface area contributed by atoms with Gasteiger partial charge in [-0.15, -0.1) is 10.2 Å². The molecule has 2 heterocycles. The fourth-order valence-corrected chi connectivity index (χ4v) is 2.98. The number of benzene rings is 1. The summed E-state index contributed by atoms with van der Waals surface area (Å²) in [5, 5.41) is 19.2. The van der Waals surface area contributed by atoms with Crippen molar-refractivity contribution in [3.63, 3.8) is 0 Å². The van der Waals surface area contributed by atoms with Gasteiger partial charge in [-0.25, -0.2) is 4.68 Å². The largest absolute Gasteiger partial charge is 0.357 e. The smallest absolute Gasteiger partial charge is 0.191 e. The number of hydrogen-bond acceptors (Lipinski definition) is 4. The van der Waals surface area contributed by atoms with Crippen LogP contribution in [0.2, 0.25) is 0 Å². The molecule has 1 aromatic carbocycles. The van der Waals surface area contributed by atoms with Crippen LogP contribution in [-0.4, -0.2) is 43.6 Å². The highest BCUT2D eigenvalue weighted by Gasteiger charge is 2.09. The molecule has 3 rings (SSSR count). The number of nitrogens with zero attached hydrogens (tertiary/aromatic N) is 6. The van der Waals surface area contributed by atoms with Crippen LogP contribution in [0.1, 0.15) is 38.2 Å². The molecule has 0 aliphatic heterocycles. The van der Waals surface area contributed by atoms with Crippen molar-refractivity contribution in [1.29, 1.82) is 0 Å². The Kier molecular flexibility index (Phi) is 6.78. The number of hydrogen-bond donors (Lipinski definition) is 2. The van der Waals surface area contributed by atoms with Crippen molar-refractivity contribution in [3.05, 3.63) is 60.4 Å². The van der Waals surface area contributed by atoms with Crippen LogP contribution in [-0.2, 0) is 13.0 Å². The number of guanidine groups is 1. The molecule has 0 fully saturated rings. The minimum atomic E-state index is 0.106. The number of aromatic nitrogens is 5. The van der Waals surface area contributed by atoms with E-state index < -0.39 is 0 Å². The summed E-state index contributed by atoms with van der Waals surface area (Å²) in [6, 6.07) is 10.4. The quantitative estimate of drug-likeness (QED) is 0.463. The minimum absolute atomic E-state index is 0.106. The van der Waals surface area contributed by atoms with Gasteiger partial charge in [-0.3, -0.25) is 4.99 Å². The lowest BCUT2D eigenvalue weighted by Gasteiger charge is -2.19. The fraction of sp³-hybridized carbons (Fsp3) is 0.400. The van der Waals surface area contributed by atoms with E-state index in [0.717, 1.165) is 37.0 Å². The van der Waals surface area contributed by atoms with Gasteiger partial charge in [-0.1, -0.05) is 19.1 Å². The van der Waals surface area contributed by atoms with Gasteiger partial charge >= 0.3 is 0 Å². The average molecular weight is 381 g/mol. The maximum absolute atomic E-state index is 4.70. The second-order valence-electron chi connectivity index (χ2n) is 6.47. The summed E-state index contributed by atoms with van der Waals surface area (Å²) in [5.41, 5.74) is 2.21. The van der Waals surface area contributed by atoms with E-state index in [2.05, 4.69) is 58.8 Å². The van der Waals surface area contributed by atoms with E-state index >= 15 is 0 Å². The molecular formula is C20H28N8. The molecule has 2 aromatic heterocycles. The van der Waals surface area contributed by atoms with Crippen molar-refractivity contribution in [2.24, 2.45) is 4.99 Å². The number of rotatable bonds is 8. The molecule has 1 atom stereocenters. The lowest BCUT2D eigenvalue weighted by Crippen LogP contribution is -2.39. The Bertz CT molecular complexity index is 881. The predicted octanol–water partition coefficient (Wildman–Crippen LogP) is 2.34. The molecule has 0 aliphatic rings. The minimum Gasteiger partial charge on any atom is -0.357 e. The molecular weight excluding hydrogens is 352 g/mol. The topological polar surface area (TPSA) is 85.0 Å². The van der Waals surface area contributed by atoms with E-state index in [0.29, 0.717) is 6.54 Å². The molecule has 148 valence electrons. The first-order chi connectivity index (χ1) is 13.7. The Morgan fingerprint density at radius 3 is 2.89 bits per heavy atom. The van der Waals surface area contributed by atoms with E-state index in [1.165, 1.54) is 5.56 Å². The molecule has 8 nitrogen and oxygen atoms in total.